The number of nitrogens with zero attached hydrogens (tertiary/aromatic N) is 1. The van der Waals surface area contributed by atoms with Gasteiger partial charge in [0.05, 0.1) is 6.61 Å². The molecule has 0 radical (unpaired) electrons. The molecule has 0 amide bonds. The van der Waals surface area contributed by atoms with Gasteiger partial charge in [-0.3, -0.25) is 4.79 Å². The first kappa shape index (κ1) is 17.4. The van der Waals surface area contributed by atoms with E-state index in [4.69, 9.17) is 4.74 Å². The van der Waals surface area contributed by atoms with E-state index in [0.717, 1.165) is 25.4 Å². The second kappa shape index (κ2) is 8.63. The number of likely N-dealkylation sites (tertiary alicyclic amines) is 1. The van der Waals surface area contributed by atoms with Crippen molar-refractivity contribution in [2.24, 2.45) is 5.92 Å². The fourth-order valence-corrected chi connectivity index (χ4v) is 3.00. The molecule has 0 saturated carbocycles. The standard InChI is InChI=1S/C16H32N2O2/c1-6-20-16(19)15(17-12(2)3)8-10-18-9-7-13(4)11-14(18)5/h12-15,17H,6-11H2,1-5H3. The highest BCUT2D eigenvalue weighted by Gasteiger charge is 2.26. The molecule has 4 nitrogen and oxygen atoms in total. The van der Waals surface area contributed by atoms with Crippen LogP contribution < -0.4 is 5.32 Å². The fraction of sp³-hybridized carbons (Fsp3) is 0.938. The topological polar surface area (TPSA) is 41.6 Å². The van der Waals surface area contributed by atoms with Crippen LogP contribution in [0.2, 0.25) is 0 Å². The minimum absolute atomic E-state index is 0.112. The van der Waals surface area contributed by atoms with Crippen LogP contribution in [-0.4, -0.2) is 48.7 Å². The van der Waals surface area contributed by atoms with E-state index < -0.39 is 0 Å². The number of carbonyl (C=O) groups excluding carboxylic acids is 1. The number of rotatable bonds is 7. The normalized spacial score (nSPS) is 25.7. The number of hydrogen-bond donors (Lipinski definition) is 1. The second-order valence-corrected chi connectivity index (χ2v) is 6.43. The van der Waals surface area contributed by atoms with Gasteiger partial charge in [0, 0.05) is 18.6 Å². The maximum atomic E-state index is 12.0. The highest BCUT2D eigenvalue weighted by Crippen LogP contribution is 2.22. The Kier molecular flexibility index (Phi) is 7.52. The van der Waals surface area contributed by atoms with Crippen LogP contribution in [0.4, 0.5) is 0 Å². The predicted molar refractivity (Wildman–Crippen MR) is 82.7 cm³/mol. The first-order valence-corrected chi connectivity index (χ1v) is 8.10. The fourth-order valence-electron chi connectivity index (χ4n) is 3.00. The first-order valence-electron chi connectivity index (χ1n) is 8.10. The summed E-state index contributed by atoms with van der Waals surface area (Å²) in [6, 6.07) is 0.741. The van der Waals surface area contributed by atoms with E-state index in [1.165, 1.54) is 12.8 Å². The summed E-state index contributed by atoms with van der Waals surface area (Å²) in [5.74, 6) is 0.718. The highest BCUT2D eigenvalue weighted by atomic mass is 16.5. The SMILES string of the molecule is CCOC(=O)C(CCN1CCC(C)CC1C)NC(C)C. The number of hydrogen-bond acceptors (Lipinski definition) is 4. The van der Waals surface area contributed by atoms with E-state index in [9.17, 15) is 4.79 Å². The molecule has 3 unspecified atom stereocenters. The van der Waals surface area contributed by atoms with Crippen LogP contribution >= 0.6 is 0 Å². The molecule has 1 rings (SSSR count). The lowest BCUT2D eigenvalue weighted by molar-refractivity contribution is -0.146. The van der Waals surface area contributed by atoms with E-state index in [1.807, 2.05) is 6.92 Å². The molecule has 4 heteroatoms. The summed E-state index contributed by atoms with van der Waals surface area (Å²) in [5.41, 5.74) is 0. The smallest absolute Gasteiger partial charge is 0.323 e. The van der Waals surface area contributed by atoms with Crippen molar-refractivity contribution < 1.29 is 9.53 Å². The van der Waals surface area contributed by atoms with Crippen LogP contribution in [-0.2, 0) is 9.53 Å². The van der Waals surface area contributed by atoms with E-state index in [2.05, 4.69) is 37.9 Å². The summed E-state index contributed by atoms with van der Waals surface area (Å²) in [4.78, 5) is 14.5. The minimum Gasteiger partial charge on any atom is -0.465 e. The maximum Gasteiger partial charge on any atom is 0.323 e. The third kappa shape index (κ3) is 5.80. The molecular formula is C16H32N2O2. The Labute approximate surface area is 124 Å². The molecule has 118 valence electrons. The quantitative estimate of drug-likeness (QED) is 0.729. The summed E-state index contributed by atoms with van der Waals surface area (Å²) < 4.78 is 5.17. The third-order valence-corrected chi connectivity index (χ3v) is 4.09. The lowest BCUT2D eigenvalue weighted by Crippen LogP contribution is -2.46. The molecule has 1 saturated heterocycles. The first-order chi connectivity index (χ1) is 9.43. The molecule has 1 heterocycles. The van der Waals surface area contributed by atoms with Crippen LogP contribution in [0.3, 0.4) is 0 Å². The highest BCUT2D eigenvalue weighted by molar-refractivity contribution is 5.75. The molecule has 1 fully saturated rings. The molecule has 0 bridgehead atoms. The second-order valence-electron chi connectivity index (χ2n) is 6.43. The largest absolute Gasteiger partial charge is 0.465 e. The minimum atomic E-state index is -0.179. The van der Waals surface area contributed by atoms with Crippen molar-refractivity contribution in [1.82, 2.24) is 10.2 Å². The van der Waals surface area contributed by atoms with Crippen molar-refractivity contribution in [3.8, 4) is 0 Å². The number of ether oxygens (including phenoxy) is 1. The molecular weight excluding hydrogens is 252 g/mol. The lowest BCUT2D eigenvalue weighted by Gasteiger charge is -2.37. The van der Waals surface area contributed by atoms with Gasteiger partial charge >= 0.3 is 5.97 Å². The van der Waals surface area contributed by atoms with E-state index in [0.29, 0.717) is 18.7 Å². The van der Waals surface area contributed by atoms with Gasteiger partial charge < -0.3 is 15.0 Å². The molecule has 0 spiro atoms. The molecule has 0 aromatic carbocycles. The molecule has 1 aliphatic heterocycles. The van der Waals surface area contributed by atoms with Gasteiger partial charge in [-0.1, -0.05) is 20.8 Å². The van der Waals surface area contributed by atoms with Crippen molar-refractivity contribution in [2.45, 2.75) is 72.0 Å². The molecule has 20 heavy (non-hydrogen) atoms. The summed E-state index contributed by atoms with van der Waals surface area (Å²) >= 11 is 0. The van der Waals surface area contributed by atoms with Crippen molar-refractivity contribution in [2.75, 3.05) is 19.7 Å². The summed E-state index contributed by atoms with van der Waals surface area (Å²) in [5, 5.41) is 3.33. The number of carbonyl (C=O) groups is 1. The maximum absolute atomic E-state index is 12.0. The Morgan fingerprint density at radius 1 is 1.40 bits per heavy atom. The van der Waals surface area contributed by atoms with Crippen LogP contribution in [0, 0.1) is 5.92 Å². The average Bonchev–Trinajstić information content (AvgIpc) is 2.36. The van der Waals surface area contributed by atoms with Crippen LogP contribution in [0.1, 0.15) is 53.9 Å². The van der Waals surface area contributed by atoms with Crippen molar-refractivity contribution >= 4 is 5.97 Å². The number of esters is 1. The van der Waals surface area contributed by atoms with Crippen LogP contribution in [0.25, 0.3) is 0 Å². The van der Waals surface area contributed by atoms with Gasteiger partial charge in [0.1, 0.15) is 6.04 Å². The van der Waals surface area contributed by atoms with Gasteiger partial charge in [-0.25, -0.2) is 0 Å². The third-order valence-electron chi connectivity index (χ3n) is 4.09. The molecule has 1 N–H and O–H groups in total. The van der Waals surface area contributed by atoms with Crippen molar-refractivity contribution in [3.05, 3.63) is 0 Å². The molecule has 1 aliphatic rings. The Bertz CT molecular complexity index is 294. The summed E-state index contributed by atoms with van der Waals surface area (Å²) in [6.45, 7) is 13.2. The molecule has 0 aromatic heterocycles. The van der Waals surface area contributed by atoms with E-state index >= 15 is 0 Å². The van der Waals surface area contributed by atoms with Gasteiger partial charge in [0.2, 0.25) is 0 Å². The van der Waals surface area contributed by atoms with Gasteiger partial charge in [0.25, 0.3) is 0 Å². The number of piperidine rings is 1. The van der Waals surface area contributed by atoms with Gasteiger partial charge in [0.15, 0.2) is 0 Å². The Morgan fingerprint density at radius 2 is 2.10 bits per heavy atom. The van der Waals surface area contributed by atoms with Crippen molar-refractivity contribution in [3.63, 3.8) is 0 Å². The van der Waals surface area contributed by atoms with Crippen LogP contribution in [0.15, 0.2) is 0 Å². The average molecular weight is 284 g/mol. The molecule has 3 atom stereocenters. The van der Waals surface area contributed by atoms with E-state index in [1.54, 1.807) is 0 Å². The molecule has 0 aliphatic carbocycles. The predicted octanol–water partition coefficient (Wildman–Crippen LogP) is 2.43. The number of nitrogens with one attached hydrogen (secondary N) is 1. The summed E-state index contributed by atoms with van der Waals surface area (Å²) in [6.07, 6.45) is 3.36. The van der Waals surface area contributed by atoms with Gasteiger partial charge in [-0.15, -0.1) is 0 Å². The summed E-state index contributed by atoms with van der Waals surface area (Å²) in [7, 11) is 0. The Morgan fingerprint density at radius 3 is 2.65 bits per heavy atom. The van der Waals surface area contributed by atoms with Crippen molar-refractivity contribution in [1.29, 1.82) is 0 Å². The monoisotopic (exact) mass is 284 g/mol. The Balaban J connectivity index is 2.46. The van der Waals surface area contributed by atoms with Crippen LogP contribution in [0.5, 0.6) is 0 Å². The lowest BCUT2D eigenvalue weighted by atomic mass is 9.93. The Hall–Kier alpha value is -0.610. The van der Waals surface area contributed by atoms with E-state index in [-0.39, 0.29) is 12.0 Å². The zero-order valence-corrected chi connectivity index (χ0v) is 13.8. The van der Waals surface area contributed by atoms with Gasteiger partial charge in [-0.05, 0) is 45.6 Å². The zero-order chi connectivity index (χ0) is 15.1. The van der Waals surface area contributed by atoms with Gasteiger partial charge in [-0.2, -0.15) is 0 Å². The zero-order valence-electron chi connectivity index (χ0n) is 13.8. The molecule has 0 aromatic rings.